The highest BCUT2D eigenvalue weighted by Crippen LogP contribution is 2.65. The number of rotatable bonds is 3. The number of aldehydes is 1. The summed E-state index contributed by atoms with van der Waals surface area (Å²) in [5.41, 5.74) is 0.307. The maximum Gasteiger partial charge on any atom is 0.126 e. The van der Waals surface area contributed by atoms with Crippen molar-refractivity contribution in [1.29, 1.82) is 0 Å². The van der Waals surface area contributed by atoms with E-state index in [1.807, 2.05) is 0 Å². The van der Waals surface area contributed by atoms with Crippen molar-refractivity contribution in [2.24, 2.45) is 16.7 Å². The fourth-order valence-corrected chi connectivity index (χ4v) is 2.70. The highest BCUT2D eigenvalue weighted by atomic mass is 16.1. The first-order valence-electron chi connectivity index (χ1n) is 5.21. The molecule has 0 aromatic rings. The van der Waals surface area contributed by atoms with Crippen LogP contribution in [-0.4, -0.2) is 6.29 Å². The molecule has 0 saturated heterocycles. The molecular formula is C12H18O. The number of hydrogen-bond donors (Lipinski definition) is 0. The molecule has 1 heteroatoms. The summed E-state index contributed by atoms with van der Waals surface area (Å²) >= 11 is 0. The number of carbonyl (C=O) groups is 1. The van der Waals surface area contributed by atoms with Crippen LogP contribution in [-0.2, 0) is 4.79 Å². The average Bonchev–Trinajstić information content (AvgIpc) is 2.52. The molecule has 0 amide bonds. The normalized spacial score (nSPS) is 36.5. The van der Waals surface area contributed by atoms with Gasteiger partial charge in [-0.1, -0.05) is 26.0 Å². The smallest absolute Gasteiger partial charge is 0.126 e. The minimum atomic E-state index is 0.0314. The van der Waals surface area contributed by atoms with Crippen molar-refractivity contribution in [2.75, 3.05) is 0 Å². The molecule has 0 heterocycles. The Bertz CT molecular complexity index is 244. The van der Waals surface area contributed by atoms with Crippen LogP contribution in [0.2, 0.25) is 0 Å². The summed E-state index contributed by atoms with van der Waals surface area (Å²) in [4.78, 5) is 11.1. The lowest BCUT2D eigenvalue weighted by Gasteiger charge is -2.17. The molecule has 2 rings (SSSR count). The summed E-state index contributed by atoms with van der Waals surface area (Å²) in [5.74, 6) is 0.743. The quantitative estimate of drug-likeness (QED) is 0.479. The van der Waals surface area contributed by atoms with Gasteiger partial charge < -0.3 is 4.79 Å². The summed E-state index contributed by atoms with van der Waals surface area (Å²) in [7, 11) is 0. The molecule has 1 fully saturated rings. The van der Waals surface area contributed by atoms with Crippen molar-refractivity contribution in [3.63, 3.8) is 0 Å². The summed E-state index contributed by atoms with van der Waals surface area (Å²) in [6.07, 6.45) is 10.3. The molecule has 72 valence electrons. The molecule has 13 heavy (non-hydrogen) atoms. The van der Waals surface area contributed by atoms with Gasteiger partial charge in [-0.05, 0) is 37.0 Å². The first kappa shape index (κ1) is 8.98. The molecule has 1 atom stereocenters. The van der Waals surface area contributed by atoms with Crippen LogP contribution < -0.4 is 0 Å². The highest BCUT2D eigenvalue weighted by molar-refractivity contribution is 5.66. The van der Waals surface area contributed by atoms with Gasteiger partial charge in [0.2, 0.25) is 0 Å². The standard InChI is InChI=1S/C12H18O/c1-11(2)8-12(11,9-13)7-10-5-3-4-6-10/h3-4,9-10H,5-8H2,1-2H3. The van der Waals surface area contributed by atoms with Gasteiger partial charge in [-0.2, -0.15) is 0 Å². The molecule has 0 radical (unpaired) electrons. The van der Waals surface area contributed by atoms with Crippen LogP contribution in [0.1, 0.15) is 39.5 Å². The van der Waals surface area contributed by atoms with Crippen LogP contribution in [0.25, 0.3) is 0 Å². The monoisotopic (exact) mass is 178 g/mol. The number of allylic oxidation sites excluding steroid dienone is 2. The lowest BCUT2D eigenvalue weighted by atomic mass is 9.86. The van der Waals surface area contributed by atoms with Gasteiger partial charge in [0, 0.05) is 5.41 Å². The van der Waals surface area contributed by atoms with Crippen LogP contribution in [0.15, 0.2) is 12.2 Å². The lowest BCUT2D eigenvalue weighted by Crippen LogP contribution is -2.15. The summed E-state index contributed by atoms with van der Waals surface area (Å²) in [5, 5.41) is 0. The third kappa shape index (κ3) is 1.34. The fourth-order valence-electron chi connectivity index (χ4n) is 2.70. The lowest BCUT2D eigenvalue weighted by molar-refractivity contribution is -0.113. The summed E-state index contributed by atoms with van der Waals surface area (Å²) in [6.45, 7) is 4.42. The van der Waals surface area contributed by atoms with E-state index in [1.165, 1.54) is 19.1 Å². The zero-order chi connectivity index (χ0) is 9.53. The van der Waals surface area contributed by atoms with Crippen molar-refractivity contribution in [3.05, 3.63) is 12.2 Å². The van der Waals surface area contributed by atoms with Crippen molar-refractivity contribution in [1.82, 2.24) is 0 Å². The number of hydrogen-bond acceptors (Lipinski definition) is 1. The zero-order valence-corrected chi connectivity index (χ0v) is 8.55. The molecule has 2 aliphatic rings. The van der Waals surface area contributed by atoms with Gasteiger partial charge in [0.25, 0.3) is 0 Å². The van der Waals surface area contributed by atoms with Crippen LogP contribution in [0.5, 0.6) is 0 Å². The second-order valence-corrected chi connectivity index (χ2v) is 5.35. The minimum absolute atomic E-state index is 0.0314. The van der Waals surface area contributed by atoms with Gasteiger partial charge in [-0.15, -0.1) is 0 Å². The highest BCUT2D eigenvalue weighted by Gasteiger charge is 2.61. The second kappa shape index (κ2) is 2.70. The predicted molar refractivity (Wildman–Crippen MR) is 53.4 cm³/mol. The SMILES string of the molecule is CC1(C)CC1(C=O)CC1CC=CC1. The molecule has 0 N–H and O–H groups in total. The van der Waals surface area contributed by atoms with E-state index < -0.39 is 0 Å². The Balaban J connectivity index is 1.97. The third-order valence-electron chi connectivity index (χ3n) is 3.96. The maximum absolute atomic E-state index is 11.1. The van der Waals surface area contributed by atoms with Crippen LogP contribution in [0.4, 0.5) is 0 Å². The molecule has 0 aliphatic heterocycles. The van der Waals surface area contributed by atoms with Crippen molar-refractivity contribution >= 4 is 6.29 Å². The van der Waals surface area contributed by atoms with Crippen LogP contribution >= 0.6 is 0 Å². The molecule has 1 nitrogen and oxygen atoms in total. The van der Waals surface area contributed by atoms with Gasteiger partial charge in [0.15, 0.2) is 0 Å². The Morgan fingerprint density at radius 3 is 2.31 bits per heavy atom. The van der Waals surface area contributed by atoms with Gasteiger partial charge in [-0.25, -0.2) is 0 Å². The number of carbonyl (C=O) groups excluding carboxylic acids is 1. The second-order valence-electron chi connectivity index (χ2n) is 5.35. The van der Waals surface area contributed by atoms with Crippen LogP contribution in [0, 0.1) is 16.7 Å². The summed E-state index contributed by atoms with van der Waals surface area (Å²) < 4.78 is 0. The first-order valence-corrected chi connectivity index (χ1v) is 5.21. The zero-order valence-electron chi connectivity index (χ0n) is 8.55. The Kier molecular flexibility index (Phi) is 1.86. The van der Waals surface area contributed by atoms with Crippen molar-refractivity contribution < 1.29 is 4.79 Å². The van der Waals surface area contributed by atoms with Gasteiger partial charge in [0.05, 0.1) is 0 Å². The van der Waals surface area contributed by atoms with E-state index in [-0.39, 0.29) is 10.8 Å². The van der Waals surface area contributed by atoms with E-state index >= 15 is 0 Å². The molecule has 0 bridgehead atoms. The maximum atomic E-state index is 11.1. The third-order valence-corrected chi connectivity index (χ3v) is 3.96. The van der Waals surface area contributed by atoms with Crippen molar-refractivity contribution in [3.8, 4) is 0 Å². The predicted octanol–water partition coefficient (Wildman–Crippen LogP) is 2.96. The Hall–Kier alpha value is -0.590. The molecular weight excluding hydrogens is 160 g/mol. The van der Waals surface area contributed by atoms with E-state index in [9.17, 15) is 4.79 Å². The first-order chi connectivity index (χ1) is 6.10. The molecule has 0 spiro atoms. The van der Waals surface area contributed by atoms with E-state index in [1.54, 1.807) is 0 Å². The van der Waals surface area contributed by atoms with E-state index in [2.05, 4.69) is 26.0 Å². The minimum Gasteiger partial charge on any atom is -0.303 e. The largest absolute Gasteiger partial charge is 0.303 e. The summed E-state index contributed by atoms with van der Waals surface area (Å²) in [6, 6.07) is 0. The van der Waals surface area contributed by atoms with Gasteiger partial charge in [-0.3, -0.25) is 0 Å². The molecule has 1 unspecified atom stereocenters. The topological polar surface area (TPSA) is 17.1 Å². The Morgan fingerprint density at radius 2 is 1.92 bits per heavy atom. The van der Waals surface area contributed by atoms with Crippen LogP contribution in [0.3, 0.4) is 0 Å². The Morgan fingerprint density at radius 1 is 1.38 bits per heavy atom. The van der Waals surface area contributed by atoms with E-state index in [0.717, 1.165) is 18.8 Å². The molecule has 0 aromatic heterocycles. The van der Waals surface area contributed by atoms with Gasteiger partial charge >= 0.3 is 0 Å². The molecule has 2 aliphatic carbocycles. The van der Waals surface area contributed by atoms with Crippen molar-refractivity contribution in [2.45, 2.75) is 39.5 Å². The van der Waals surface area contributed by atoms with E-state index in [4.69, 9.17) is 0 Å². The Labute approximate surface area is 80.2 Å². The molecule has 1 saturated carbocycles. The average molecular weight is 178 g/mol. The van der Waals surface area contributed by atoms with Gasteiger partial charge in [0.1, 0.15) is 6.29 Å². The fraction of sp³-hybridized carbons (Fsp3) is 0.750. The van der Waals surface area contributed by atoms with E-state index in [0.29, 0.717) is 0 Å². The molecule has 0 aromatic carbocycles.